The zero-order chi connectivity index (χ0) is 15.9. The summed E-state index contributed by atoms with van der Waals surface area (Å²) in [6.07, 6.45) is 1.16. The van der Waals surface area contributed by atoms with Gasteiger partial charge in [0, 0.05) is 12.2 Å². The van der Waals surface area contributed by atoms with Crippen molar-refractivity contribution in [1.29, 1.82) is 0 Å². The summed E-state index contributed by atoms with van der Waals surface area (Å²) in [5.41, 5.74) is 4.88. The predicted octanol–water partition coefficient (Wildman–Crippen LogP) is 5.00. The van der Waals surface area contributed by atoms with Crippen molar-refractivity contribution >= 4 is 23.0 Å². The molecule has 0 fully saturated rings. The van der Waals surface area contributed by atoms with E-state index >= 15 is 0 Å². The highest BCUT2D eigenvalue weighted by Gasteiger charge is 2.03. The van der Waals surface area contributed by atoms with E-state index in [0.29, 0.717) is 11.0 Å². The van der Waals surface area contributed by atoms with Crippen molar-refractivity contribution in [3.05, 3.63) is 65.2 Å². The molecule has 22 heavy (non-hydrogen) atoms. The minimum absolute atomic E-state index is 0.598. The number of benzene rings is 2. The van der Waals surface area contributed by atoms with Crippen LogP contribution in [0.4, 0.5) is 5.69 Å². The van der Waals surface area contributed by atoms with Gasteiger partial charge in [0.1, 0.15) is 0 Å². The minimum atomic E-state index is 0.598. The van der Waals surface area contributed by atoms with E-state index in [-0.39, 0.29) is 0 Å². The molecule has 0 heterocycles. The molecular weight excluding hydrogens is 288 g/mol. The average Bonchev–Trinajstić information content (AvgIpc) is 2.54. The maximum atomic E-state index is 5.35. The van der Waals surface area contributed by atoms with E-state index < -0.39 is 0 Å². The van der Waals surface area contributed by atoms with Gasteiger partial charge in [0.2, 0.25) is 0 Å². The van der Waals surface area contributed by atoms with Gasteiger partial charge in [-0.2, -0.15) is 0 Å². The van der Waals surface area contributed by atoms with Crippen LogP contribution in [0.3, 0.4) is 0 Å². The summed E-state index contributed by atoms with van der Waals surface area (Å²) in [5.74, 6) is 0.598. The van der Waals surface area contributed by atoms with Crippen LogP contribution in [0, 0.1) is 6.92 Å². The molecule has 0 bridgehead atoms. The van der Waals surface area contributed by atoms with E-state index in [0.717, 1.165) is 18.7 Å². The molecule has 2 nitrogen and oxygen atoms in total. The largest absolute Gasteiger partial charge is 0.358 e. The van der Waals surface area contributed by atoms with Crippen LogP contribution >= 0.6 is 12.2 Å². The Morgan fingerprint density at radius 1 is 1.05 bits per heavy atom. The fourth-order valence-electron chi connectivity index (χ4n) is 2.19. The predicted molar refractivity (Wildman–Crippen MR) is 99.4 cm³/mol. The molecule has 2 aromatic rings. The summed E-state index contributed by atoms with van der Waals surface area (Å²) in [4.78, 5) is 0. The van der Waals surface area contributed by atoms with Crippen molar-refractivity contribution in [1.82, 2.24) is 5.32 Å². The molecule has 0 spiro atoms. The zero-order valence-electron chi connectivity index (χ0n) is 13.5. The first-order valence-corrected chi connectivity index (χ1v) is 8.19. The molecule has 0 aromatic heterocycles. The number of hydrogen-bond donors (Lipinski definition) is 2. The Kier molecular flexibility index (Phi) is 5.96. The summed E-state index contributed by atoms with van der Waals surface area (Å²) in [7, 11) is 0. The van der Waals surface area contributed by atoms with E-state index in [9.17, 15) is 0 Å². The highest BCUT2D eigenvalue weighted by molar-refractivity contribution is 7.80. The van der Waals surface area contributed by atoms with Gasteiger partial charge in [-0.1, -0.05) is 55.8 Å². The second-order valence-corrected chi connectivity index (χ2v) is 6.13. The second kappa shape index (κ2) is 7.95. The van der Waals surface area contributed by atoms with E-state index in [1.54, 1.807) is 0 Å². The second-order valence-electron chi connectivity index (χ2n) is 5.72. The fourth-order valence-corrected chi connectivity index (χ4v) is 2.38. The Bertz CT molecular complexity index is 602. The van der Waals surface area contributed by atoms with Crippen molar-refractivity contribution in [3.8, 4) is 0 Å². The molecule has 3 heteroatoms. The molecule has 2 aromatic carbocycles. The Hall–Kier alpha value is -1.87. The van der Waals surface area contributed by atoms with Gasteiger partial charge in [0.15, 0.2) is 5.11 Å². The number of nitrogens with one attached hydrogen (secondary N) is 2. The quantitative estimate of drug-likeness (QED) is 0.760. The first kappa shape index (κ1) is 16.5. The van der Waals surface area contributed by atoms with Crippen LogP contribution in [0.1, 0.15) is 42.9 Å². The minimum Gasteiger partial charge on any atom is -0.358 e. The molecule has 1 unspecified atom stereocenters. The van der Waals surface area contributed by atoms with E-state index in [1.807, 2.05) is 0 Å². The first-order chi connectivity index (χ1) is 10.6. The summed E-state index contributed by atoms with van der Waals surface area (Å²) < 4.78 is 0. The molecule has 1 atom stereocenters. The molecule has 0 amide bonds. The maximum absolute atomic E-state index is 5.35. The topological polar surface area (TPSA) is 24.1 Å². The molecule has 0 radical (unpaired) electrons. The molecule has 2 rings (SSSR count). The summed E-state index contributed by atoms with van der Waals surface area (Å²) in [5, 5.41) is 7.11. The molecular formula is C19H24N2S. The van der Waals surface area contributed by atoms with Crippen molar-refractivity contribution in [2.45, 2.75) is 39.7 Å². The molecule has 0 aliphatic rings. The SMILES string of the molecule is CCC(C)c1ccc(NC(=S)NCc2ccc(C)cc2)cc1. The highest BCUT2D eigenvalue weighted by atomic mass is 32.1. The van der Waals surface area contributed by atoms with Crippen LogP contribution in [0.5, 0.6) is 0 Å². The lowest BCUT2D eigenvalue weighted by Gasteiger charge is -2.13. The van der Waals surface area contributed by atoms with Crippen LogP contribution < -0.4 is 10.6 Å². The Morgan fingerprint density at radius 3 is 2.27 bits per heavy atom. The number of aryl methyl sites for hydroxylation is 1. The van der Waals surface area contributed by atoms with E-state index in [4.69, 9.17) is 12.2 Å². The van der Waals surface area contributed by atoms with E-state index in [2.05, 4.69) is 79.9 Å². The van der Waals surface area contributed by atoms with Crippen molar-refractivity contribution in [2.24, 2.45) is 0 Å². The number of anilines is 1. The van der Waals surface area contributed by atoms with E-state index in [1.165, 1.54) is 16.7 Å². The van der Waals surface area contributed by atoms with Crippen LogP contribution in [-0.2, 0) is 6.54 Å². The molecule has 116 valence electrons. The van der Waals surface area contributed by atoms with Gasteiger partial charge in [0.25, 0.3) is 0 Å². The highest BCUT2D eigenvalue weighted by Crippen LogP contribution is 2.20. The number of thiocarbonyl (C=S) groups is 1. The summed E-state index contributed by atoms with van der Waals surface area (Å²) in [6, 6.07) is 17.0. The zero-order valence-corrected chi connectivity index (χ0v) is 14.3. The molecule has 2 N–H and O–H groups in total. The lowest BCUT2D eigenvalue weighted by Crippen LogP contribution is -2.27. The monoisotopic (exact) mass is 312 g/mol. The number of hydrogen-bond acceptors (Lipinski definition) is 1. The van der Waals surface area contributed by atoms with Crippen molar-refractivity contribution < 1.29 is 0 Å². The van der Waals surface area contributed by atoms with Crippen LogP contribution in [0.25, 0.3) is 0 Å². The molecule has 0 aliphatic heterocycles. The number of rotatable bonds is 5. The van der Waals surface area contributed by atoms with Crippen LogP contribution in [0.15, 0.2) is 48.5 Å². The lowest BCUT2D eigenvalue weighted by molar-refractivity contribution is 0.734. The molecule has 0 aliphatic carbocycles. The Balaban J connectivity index is 1.85. The summed E-state index contributed by atoms with van der Waals surface area (Å²) in [6.45, 7) is 7.28. The van der Waals surface area contributed by atoms with Crippen molar-refractivity contribution in [3.63, 3.8) is 0 Å². The average molecular weight is 312 g/mol. The first-order valence-electron chi connectivity index (χ1n) is 7.79. The fraction of sp³-hybridized carbons (Fsp3) is 0.316. The van der Waals surface area contributed by atoms with Gasteiger partial charge in [-0.15, -0.1) is 0 Å². The smallest absolute Gasteiger partial charge is 0.171 e. The van der Waals surface area contributed by atoms with Gasteiger partial charge >= 0.3 is 0 Å². The Morgan fingerprint density at radius 2 is 1.68 bits per heavy atom. The van der Waals surface area contributed by atoms with Gasteiger partial charge in [-0.05, 0) is 54.7 Å². The van der Waals surface area contributed by atoms with Gasteiger partial charge in [-0.3, -0.25) is 0 Å². The van der Waals surface area contributed by atoms with Gasteiger partial charge in [0.05, 0.1) is 0 Å². The molecule has 0 saturated heterocycles. The molecule has 0 saturated carbocycles. The van der Waals surface area contributed by atoms with Gasteiger partial charge in [-0.25, -0.2) is 0 Å². The van der Waals surface area contributed by atoms with Gasteiger partial charge < -0.3 is 10.6 Å². The third-order valence-electron chi connectivity index (χ3n) is 3.92. The lowest BCUT2D eigenvalue weighted by atomic mass is 9.99. The summed E-state index contributed by atoms with van der Waals surface area (Å²) >= 11 is 5.35. The van der Waals surface area contributed by atoms with Crippen LogP contribution in [0.2, 0.25) is 0 Å². The third kappa shape index (κ3) is 4.85. The maximum Gasteiger partial charge on any atom is 0.171 e. The van der Waals surface area contributed by atoms with Crippen LogP contribution in [-0.4, -0.2) is 5.11 Å². The third-order valence-corrected chi connectivity index (χ3v) is 4.17. The standard InChI is InChI=1S/C19H24N2S/c1-4-15(3)17-9-11-18(12-10-17)21-19(22)20-13-16-7-5-14(2)6-8-16/h5-12,15H,4,13H2,1-3H3,(H2,20,21,22). The van der Waals surface area contributed by atoms with Crippen molar-refractivity contribution in [2.75, 3.05) is 5.32 Å². The normalized spacial score (nSPS) is 11.8. The Labute approximate surface area is 139 Å².